The maximum atomic E-state index is 13.0. The average molecular weight is 453 g/mol. The second kappa shape index (κ2) is 7.31. The van der Waals surface area contributed by atoms with Crippen LogP contribution in [0.4, 0.5) is 5.69 Å². The number of hydrogen-bond donors (Lipinski definition) is 1. The van der Waals surface area contributed by atoms with Crippen molar-refractivity contribution >= 4 is 60.8 Å². The van der Waals surface area contributed by atoms with Crippen LogP contribution < -0.4 is 4.31 Å². The van der Waals surface area contributed by atoms with E-state index in [1.807, 2.05) is 0 Å². The molecule has 0 spiro atoms. The molecule has 0 aliphatic rings. The van der Waals surface area contributed by atoms with Crippen LogP contribution in [0, 0.1) is 0 Å². The molecule has 5 nitrogen and oxygen atoms in total. The summed E-state index contributed by atoms with van der Waals surface area (Å²) in [7, 11) is -4.18. The lowest BCUT2D eigenvalue weighted by Gasteiger charge is -2.29. The molecular weight excluding hydrogens is 441 g/mol. The number of para-hydroxylation sites is 1. The van der Waals surface area contributed by atoms with E-state index in [0.29, 0.717) is 4.47 Å². The number of anilines is 1. The molecule has 1 atom stereocenters. The Bertz CT molecular complexity index is 889. The number of carbonyl (C=O) groups is 1. The number of carboxylic acid groups (broad SMARTS) is 1. The molecule has 2 rings (SSSR count). The summed E-state index contributed by atoms with van der Waals surface area (Å²) in [5, 5.41) is 9.61. The summed E-state index contributed by atoms with van der Waals surface area (Å²) in [6.07, 6.45) is 0. The van der Waals surface area contributed by atoms with Crippen molar-refractivity contribution in [3.05, 3.63) is 57.0 Å². The highest BCUT2D eigenvalue weighted by Gasteiger charge is 2.34. The van der Waals surface area contributed by atoms with Crippen LogP contribution in [0.5, 0.6) is 0 Å². The molecule has 0 radical (unpaired) electrons. The molecule has 0 amide bonds. The number of rotatable bonds is 5. The van der Waals surface area contributed by atoms with Gasteiger partial charge in [0.2, 0.25) is 0 Å². The maximum Gasteiger partial charge on any atom is 0.327 e. The molecule has 2 aromatic rings. The monoisotopic (exact) mass is 451 g/mol. The van der Waals surface area contributed by atoms with Crippen LogP contribution in [0.2, 0.25) is 10.0 Å². The highest BCUT2D eigenvalue weighted by Crippen LogP contribution is 2.34. The third-order valence-electron chi connectivity index (χ3n) is 3.25. The molecular formula is C15H12BrCl2NO4S. The first-order valence-corrected chi connectivity index (χ1v) is 9.62. The summed E-state index contributed by atoms with van der Waals surface area (Å²) in [5.41, 5.74) is 0.207. The molecule has 0 saturated heterocycles. The first-order chi connectivity index (χ1) is 11.2. The fourth-order valence-electron chi connectivity index (χ4n) is 2.03. The Balaban J connectivity index is 2.68. The lowest BCUT2D eigenvalue weighted by molar-refractivity contribution is -0.137. The zero-order chi connectivity index (χ0) is 18.1. The van der Waals surface area contributed by atoms with Crippen molar-refractivity contribution in [3.8, 4) is 0 Å². The first kappa shape index (κ1) is 19.1. The van der Waals surface area contributed by atoms with Gasteiger partial charge < -0.3 is 5.11 Å². The summed E-state index contributed by atoms with van der Waals surface area (Å²) in [6, 6.07) is 8.94. The van der Waals surface area contributed by atoms with Crippen molar-refractivity contribution in [3.63, 3.8) is 0 Å². The molecule has 0 aliphatic carbocycles. The molecule has 9 heteroatoms. The molecule has 24 heavy (non-hydrogen) atoms. The van der Waals surface area contributed by atoms with Crippen LogP contribution in [0.25, 0.3) is 0 Å². The maximum absolute atomic E-state index is 13.0. The zero-order valence-electron chi connectivity index (χ0n) is 12.3. The molecule has 128 valence electrons. The number of halogens is 3. The van der Waals surface area contributed by atoms with E-state index in [9.17, 15) is 18.3 Å². The molecule has 0 bridgehead atoms. The summed E-state index contributed by atoms with van der Waals surface area (Å²) in [5.74, 6) is -1.28. The van der Waals surface area contributed by atoms with Gasteiger partial charge in [-0.05, 0) is 53.2 Å². The van der Waals surface area contributed by atoms with Gasteiger partial charge in [0.15, 0.2) is 0 Å². The molecule has 0 aliphatic heterocycles. The molecule has 1 N–H and O–H groups in total. The van der Waals surface area contributed by atoms with Gasteiger partial charge in [-0.25, -0.2) is 13.2 Å². The van der Waals surface area contributed by atoms with Crippen molar-refractivity contribution in [2.45, 2.75) is 17.9 Å². The highest BCUT2D eigenvalue weighted by molar-refractivity contribution is 9.10. The normalized spacial score (nSPS) is 12.7. The van der Waals surface area contributed by atoms with E-state index in [-0.39, 0.29) is 20.6 Å². The Kier molecular flexibility index (Phi) is 5.80. The number of hydrogen-bond acceptors (Lipinski definition) is 3. The Morgan fingerprint density at radius 3 is 2.33 bits per heavy atom. The summed E-state index contributed by atoms with van der Waals surface area (Å²) in [6.45, 7) is 1.29. The van der Waals surface area contributed by atoms with Gasteiger partial charge in [-0.1, -0.05) is 35.3 Å². The van der Waals surface area contributed by atoms with Crippen LogP contribution in [0.3, 0.4) is 0 Å². The predicted octanol–water partition coefficient (Wildman–Crippen LogP) is 4.42. The number of nitrogens with zero attached hydrogens (tertiary/aromatic N) is 1. The van der Waals surface area contributed by atoms with E-state index < -0.39 is 22.0 Å². The van der Waals surface area contributed by atoms with Crippen molar-refractivity contribution in [2.75, 3.05) is 4.31 Å². The van der Waals surface area contributed by atoms with Crippen molar-refractivity contribution in [2.24, 2.45) is 0 Å². The van der Waals surface area contributed by atoms with Crippen LogP contribution in [0.15, 0.2) is 51.8 Å². The summed E-state index contributed by atoms with van der Waals surface area (Å²) >= 11 is 15.0. The van der Waals surface area contributed by atoms with Gasteiger partial charge in [-0.15, -0.1) is 0 Å². The minimum Gasteiger partial charge on any atom is -0.480 e. The molecule has 0 fully saturated rings. The number of carboxylic acids is 1. The zero-order valence-corrected chi connectivity index (χ0v) is 16.2. The lowest BCUT2D eigenvalue weighted by atomic mass is 10.2. The van der Waals surface area contributed by atoms with Gasteiger partial charge in [0.05, 0.1) is 20.6 Å². The minimum absolute atomic E-state index is 0.0628. The fraction of sp³-hybridized carbons (Fsp3) is 0.133. The molecule has 0 saturated carbocycles. The van der Waals surface area contributed by atoms with Gasteiger partial charge in [-0.3, -0.25) is 4.31 Å². The Morgan fingerprint density at radius 2 is 1.79 bits per heavy atom. The van der Waals surface area contributed by atoms with E-state index in [2.05, 4.69) is 15.9 Å². The topological polar surface area (TPSA) is 74.7 Å². The number of aliphatic carboxylic acids is 1. The van der Waals surface area contributed by atoms with Gasteiger partial charge in [0, 0.05) is 4.47 Å². The standard InChI is InChI=1S/C15H12BrCl2NO4S/c1-9(15(20)21)19(14-5-3-2-4-11(14)16)24(22,23)10-6-7-12(17)13(18)8-10/h2-9H,1H3,(H,20,21). The van der Waals surface area contributed by atoms with E-state index in [0.717, 1.165) is 4.31 Å². The van der Waals surface area contributed by atoms with E-state index in [1.54, 1.807) is 18.2 Å². The largest absolute Gasteiger partial charge is 0.480 e. The number of sulfonamides is 1. The van der Waals surface area contributed by atoms with Crippen LogP contribution >= 0.6 is 39.1 Å². The molecule has 2 aromatic carbocycles. The molecule has 0 heterocycles. The quantitative estimate of drug-likeness (QED) is 0.728. The second-order valence-corrected chi connectivity index (χ2v) is 8.33. The molecule has 0 aromatic heterocycles. The Hall–Kier alpha value is -1.28. The lowest BCUT2D eigenvalue weighted by Crippen LogP contribution is -2.43. The number of benzene rings is 2. The third kappa shape index (κ3) is 3.69. The predicted molar refractivity (Wildman–Crippen MR) is 97.4 cm³/mol. The van der Waals surface area contributed by atoms with Gasteiger partial charge >= 0.3 is 5.97 Å². The van der Waals surface area contributed by atoms with Crippen LogP contribution in [-0.2, 0) is 14.8 Å². The first-order valence-electron chi connectivity index (χ1n) is 6.63. The van der Waals surface area contributed by atoms with Crippen LogP contribution in [0.1, 0.15) is 6.92 Å². The van der Waals surface area contributed by atoms with E-state index in [4.69, 9.17) is 23.2 Å². The smallest absolute Gasteiger partial charge is 0.327 e. The highest BCUT2D eigenvalue weighted by atomic mass is 79.9. The Morgan fingerprint density at radius 1 is 1.17 bits per heavy atom. The Labute approximate surface area is 158 Å². The van der Waals surface area contributed by atoms with Crippen molar-refractivity contribution in [1.82, 2.24) is 0 Å². The minimum atomic E-state index is -4.18. The van der Waals surface area contributed by atoms with Crippen molar-refractivity contribution in [1.29, 1.82) is 0 Å². The SMILES string of the molecule is CC(C(=O)O)N(c1ccccc1Br)S(=O)(=O)c1ccc(Cl)c(Cl)c1. The van der Waals surface area contributed by atoms with Gasteiger partial charge in [-0.2, -0.15) is 0 Å². The molecule has 1 unspecified atom stereocenters. The van der Waals surface area contributed by atoms with Gasteiger partial charge in [0.25, 0.3) is 10.0 Å². The second-order valence-electron chi connectivity index (χ2n) is 4.84. The fourth-order valence-corrected chi connectivity index (χ4v) is 4.64. The van der Waals surface area contributed by atoms with Gasteiger partial charge in [0.1, 0.15) is 6.04 Å². The van der Waals surface area contributed by atoms with E-state index >= 15 is 0 Å². The van der Waals surface area contributed by atoms with Crippen molar-refractivity contribution < 1.29 is 18.3 Å². The average Bonchev–Trinajstić information content (AvgIpc) is 2.51. The summed E-state index contributed by atoms with van der Waals surface area (Å²) in [4.78, 5) is 11.3. The van der Waals surface area contributed by atoms with Crippen LogP contribution in [-0.4, -0.2) is 25.5 Å². The third-order valence-corrected chi connectivity index (χ3v) is 6.54. The summed E-state index contributed by atoms with van der Waals surface area (Å²) < 4.78 is 27.3. The van der Waals surface area contributed by atoms with E-state index in [1.165, 1.54) is 31.2 Å².